The Hall–Kier alpha value is -2.27. The summed E-state index contributed by atoms with van der Waals surface area (Å²) in [5.41, 5.74) is 3.50. The third-order valence-corrected chi connectivity index (χ3v) is 5.23. The Balaban J connectivity index is 1.68. The van der Waals surface area contributed by atoms with Crippen LogP contribution >= 0.6 is 11.3 Å². The number of amides is 1. The lowest BCUT2D eigenvalue weighted by Gasteiger charge is -2.07. The van der Waals surface area contributed by atoms with Crippen LogP contribution in [0.1, 0.15) is 39.5 Å². The Bertz CT molecular complexity index is 877. The SMILES string of the molecule is Cc1cc(C(=O)Nc2nc3c(s2)CCCC3)c2ccccc2n1. The summed E-state index contributed by atoms with van der Waals surface area (Å²) in [6.07, 6.45) is 4.52. The first kappa shape index (κ1) is 14.3. The maximum Gasteiger partial charge on any atom is 0.258 e. The van der Waals surface area contributed by atoms with E-state index in [4.69, 9.17) is 0 Å². The fourth-order valence-electron chi connectivity index (χ4n) is 3.07. The molecule has 2 aromatic heterocycles. The Kier molecular flexibility index (Phi) is 3.58. The summed E-state index contributed by atoms with van der Waals surface area (Å²) < 4.78 is 0. The van der Waals surface area contributed by atoms with Gasteiger partial charge in [0.25, 0.3) is 5.91 Å². The second-order valence-corrected chi connectivity index (χ2v) is 6.96. The van der Waals surface area contributed by atoms with E-state index in [0.29, 0.717) is 10.7 Å². The molecule has 1 amide bonds. The Labute approximate surface area is 138 Å². The number of aryl methyl sites for hydroxylation is 3. The van der Waals surface area contributed by atoms with E-state index in [2.05, 4.69) is 15.3 Å². The van der Waals surface area contributed by atoms with Crippen LogP contribution in [0.3, 0.4) is 0 Å². The van der Waals surface area contributed by atoms with Gasteiger partial charge >= 0.3 is 0 Å². The van der Waals surface area contributed by atoms with Gasteiger partial charge in [-0.25, -0.2) is 4.98 Å². The number of hydrogen-bond donors (Lipinski definition) is 1. The molecule has 2 heterocycles. The van der Waals surface area contributed by atoms with E-state index in [1.165, 1.54) is 17.7 Å². The van der Waals surface area contributed by atoms with Crippen molar-refractivity contribution < 1.29 is 4.79 Å². The average molecular weight is 323 g/mol. The summed E-state index contributed by atoms with van der Waals surface area (Å²) in [5, 5.41) is 4.56. The highest BCUT2D eigenvalue weighted by Crippen LogP contribution is 2.30. The van der Waals surface area contributed by atoms with Crippen molar-refractivity contribution in [2.45, 2.75) is 32.6 Å². The predicted octanol–water partition coefficient (Wildman–Crippen LogP) is 4.13. The van der Waals surface area contributed by atoms with E-state index in [1.807, 2.05) is 37.3 Å². The highest BCUT2D eigenvalue weighted by molar-refractivity contribution is 7.15. The monoisotopic (exact) mass is 323 g/mol. The van der Waals surface area contributed by atoms with Crippen molar-refractivity contribution in [2.75, 3.05) is 5.32 Å². The van der Waals surface area contributed by atoms with Gasteiger partial charge in [0.05, 0.1) is 16.8 Å². The molecule has 4 rings (SSSR count). The molecule has 0 unspecified atom stereocenters. The van der Waals surface area contributed by atoms with E-state index in [0.717, 1.165) is 35.1 Å². The zero-order valence-electron chi connectivity index (χ0n) is 12.9. The number of fused-ring (bicyclic) bond motifs is 2. The lowest BCUT2D eigenvalue weighted by Crippen LogP contribution is -2.13. The Morgan fingerprint density at radius 1 is 1.17 bits per heavy atom. The van der Waals surface area contributed by atoms with Crippen LogP contribution in [0.2, 0.25) is 0 Å². The van der Waals surface area contributed by atoms with Crippen LogP contribution in [0.25, 0.3) is 10.9 Å². The largest absolute Gasteiger partial charge is 0.298 e. The third kappa shape index (κ3) is 2.72. The first-order valence-electron chi connectivity index (χ1n) is 7.87. The first-order chi connectivity index (χ1) is 11.2. The van der Waals surface area contributed by atoms with Crippen LogP contribution in [0.15, 0.2) is 30.3 Å². The number of hydrogen-bond acceptors (Lipinski definition) is 4. The number of thiazole rings is 1. The quantitative estimate of drug-likeness (QED) is 0.771. The standard InChI is InChI=1S/C18H17N3OS/c1-11-10-13(12-6-2-3-7-14(12)19-11)17(22)21-18-20-15-8-4-5-9-16(15)23-18/h2-3,6-7,10H,4-5,8-9H2,1H3,(H,20,21,22). The molecule has 0 aliphatic heterocycles. The summed E-state index contributed by atoms with van der Waals surface area (Å²) in [5.74, 6) is -0.113. The maximum absolute atomic E-state index is 12.7. The fourth-order valence-corrected chi connectivity index (χ4v) is 4.11. The summed E-state index contributed by atoms with van der Waals surface area (Å²) in [6.45, 7) is 1.91. The number of anilines is 1. The number of carbonyl (C=O) groups excluding carboxylic acids is 1. The van der Waals surface area contributed by atoms with Crippen LogP contribution in [-0.4, -0.2) is 15.9 Å². The van der Waals surface area contributed by atoms with Gasteiger partial charge in [0.1, 0.15) is 0 Å². The second-order valence-electron chi connectivity index (χ2n) is 5.88. The van der Waals surface area contributed by atoms with E-state index in [-0.39, 0.29) is 5.91 Å². The zero-order chi connectivity index (χ0) is 15.8. The van der Waals surface area contributed by atoms with Crippen molar-refractivity contribution in [1.29, 1.82) is 0 Å². The van der Waals surface area contributed by atoms with Crippen molar-refractivity contribution in [1.82, 2.24) is 9.97 Å². The molecule has 3 aromatic rings. The van der Waals surface area contributed by atoms with Crippen LogP contribution in [0.5, 0.6) is 0 Å². The molecule has 116 valence electrons. The molecule has 1 aromatic carbocycles. The molecule has 5 heteroatoms. The summed E-state index contributed by atoms with van der Waals surface area (Å²) in [6, 6.07) is 9.57. The van der Waals surface area contributed by atoms with Crippen LogP contribution < -0.4 is 5.32 Å². The van der Waals surface area contributed by atoms with Gasteiger partial charge in [-0.3, -0.25) is 15.1 Å². The van der Waals surface area contributed by atoms with Crippen LogP contribution in [-0.2, 0) is 12.8 Å². The van der Waals surface area contributed by atoms with Gasteiger partial charge in [0.2, 0.25) is 0 Å². The van der Waals surface area contributed by atoms with Gasteiger partial charge in [0.15, 0.2) is 5.13 Å². The second kappa shape index (κ2) is 5.74. The van der Waals surface area contributed by atoms with E-state index >= 15 is 0 Å². The predicted molar refractivity (Wildman–Crippen MR) is 93.2 cm³/mol. The number of pyridine rings is 1. The van der Waals surface area contributed by atoms with Gasteiger partial charge in [-0.15, -0.1) is 11.3 Å². The van der Waals surface area contributed by atoms with Gasteiger partial charge in [0, 0.05) is 16.0 Å². The molecule has 0 saturated heterocycles. The first-order valence-corrected chi connectivity index (χ1v) is 8.69. The van der Waals surface area contributed by atoms with Crippen LogP contribution in [0.4, 0.5) is 5.13 Å². The third-order valence-electron chi connectivity index (χ3n) is 4.16. The van der Waals surface area contributed by atoms with E-state index in [9.17, 15) is 4.79 Å². The number of benzene rings is 1. The van der Waals surface area contributed by atoms with Crippen molar-refractivity contribution in [3.05, 3.63) is 52.2 Å². The molecule has 0 bridgehead atoms. The highest BCUT2D eigenvalue weighted by atomic mass is 32.1. The molecule has 0 spiro atoms. The molecule has 1 aliphatic carbocycles. The molecule has 1 aliphatic rings. The number of para-hydroxylation sites is 1. The maximum atomic E-state index is 12.7. The lowest BCUT2D eigenvalue weighted by molar-refractivity contribution is 0.102. The lowest BCUT2D eigenvalue weighted by atomic mass is 10.0. The normalized spacial score (nSPS) is 13.8. The molecule has 0 fully saturated rings. The van der Waals surface area contributed by atoms with Gasteiger partial charge in [-0.1, -0.05) is 18.2 Å². The van der Waals surface area contributed by atoms with Crippen molar-refractivity contribution in [3.8, 4) is 0 Å². The topological polar surface area (TPSA) is 54.9 Å². The van der Waals surface area contributed by atoms with Gasteiger partial charge in [-0.2, -0.15) is 0 Å². The summed E-state index contributed by atoms with van der Waals surface area (Å²) >= 11 is 1.61. The van der Waals surface area contributed by atoms with Crippen molar-refractivity contribution >= 4 is 33.3 Å². The average Bonchev–Trinajstić information content (AvgIpc) is 2.96. The molecular formula is C18H17N3OS. The minimum absolute atomic E-state index is 0.113. The zero-order valence-corrected chi connectivity index (χ0v) is 13.7. The molecular weight excluding hydrogens is 306 g/mol. The number of nitrogens with zero attached hydrogens (tertiary/aromatic N) is 2. The van der Waals surface area contributed by atoms with Crippen molar-refractivity contribution in [3.63, 3.8) is 0 Å². The minimum Gasteiger partial charge on any atom is -0.298 e. The van der Waals surface area contributed by atoms with E-state index < -0.39 is 0 Å². The molecule has 4 nitrogen and oxygen atoms in total. The molecule has 0 radical (unpaired) electrons. The van der Waals surface area contributed by atoms with E-state index in [1.54, 1.807) is 11.3 Å². The highest BCUT2D eigenvalue weighted by Gasteiger charge is 2.18. The minimum atomic E-state index is -0.113. The van der Waals surface area contributed by atoms with Crippen molar-refractivity contribution in [2.24, 2.45) is 0 Å². The number of rotatable bonds is 2. The Morgan fingerprint density at radius 2 is 2.00 bits per heavy atom. The molecule has 0 saturated carbocycles. The molecule has 0 atom stereocenters. The molecule has 23 heavy (non-hydrogen) atoms. The molecule has 1 N–H and O–H groups in total. The number of aromatic nitrogens is 2. The number of nitrogens with one attached hydrogen (secondary N) is 1. The fraction of sp³-hybridized carbons (Fsp3) is 0.278. The Morgan fingerprint density at radius 3 is 2.87 bits per heavy atom. The smallest absolute Gasteiger partial charge is 0.258 e. The van der Waals surface area contributed by atoms with Gasteiger partial charge < -0.3 is 0 Å². The summed E-state index contributed by atoms with van der Waals surface area (Å²) in [4.78, 5) is 23.1. The van der Waals surface area contributed by atoms with Crippen LogP contribution in [0, 0.1) is 6.92 Å². The van der Waals surface area contributed by atoms with Gasteiger partial charge in [-0.05, 0) is 44.7 Å². The summed E-state index contributed by atoms with van der Waals surface area (Å²) in [7, 11) is 0. The number of carbonyl (C=O) groups is 1.